The highest BCUT2D eigenvalue weighted by Crippen LogP contribution is 2.28. The van der Waals surface area contributed by atoms with Gasteiger partial charge in [-0.25, -0.2) is 4.98 Å². The van der Waals surface area contributed by atoms with Gasteiger partial charge in [-0.05, 0) is 31.5 Å². The maximum atomic E-state index is 12.0. The van der Waals surface area contributed by atoms with Crippen LogP contribution in [-0.2, 0) is 16.1 Å². The largest absolute Gasteiger partial charge is 0.367 e. The zero-order chi connectivity index (χ0) is 19.8. The zero-order valence-corrected chi connectivity index (χ0v) is 17.0. The first-order chi connectivity index (χ1) is 13.7. The Bertz CT molecular complexity index is 874. The number of hydrogen-bond donors (Lipinski definition) is 1. The van der Waals surface area contributed by atoms with Gasteiger partial charge in [0.05, 0.1) is 12.3 Å². The minimum Gasteiger partial charge on any atom is -0.367 e. The van der Waals surface area contributed by atoms with E-state index in [-0.39, 0.29) is 12.5 Å². The Morgan fingerprint density at radius 2 is 1.79 bits per heavy atom. The summed E-state index contributed by atoms with van der Waals surface area (Å²) < 4.78 is 5.47. The van der Waals surface area contributed by atoms with Crippen molar-refractivity contribution in [1.29, 1.82) is 0 Å². The van der Waals surface area contributed by atoms with Gasteiger partial charge < -0.3 is 15.0 Å². The number of amides is 1. The Labute approximate surface area is 170 Å². The summed E-state index contributed by atoms with van der Waals surface area (Å²) in [6.07, 6.45) is 0. The summed E-state index contributed by atoms with van der Waals surface area (Å²) >= 11 is 1.65. The van der Waals surface area contributed by atoms with Gasteiger partial charge in [0.25, 0.3) is 0 Å². The third-order valence-electron chi connectivity index (χ3n) is 4.34. The number of hydrogen-bond acceptors (Lipinski definition) is 5. The van der Waals surface area contributed by atoms with Crippen LogP contribution in [0.25, 0.3) is 11.3 Å². The summed E-state index contributed by atoms with van der Waals surface area (Å²) in [6, 6.07) is 17.5. The highest BCUT2D eigenvalue weighted by atomic mass is 32.1. The molecule has 1 heterocycles. The summed E-state index contributed by atoms with van der Waals surface area (Å²) in [7, 11) is 0. The second-order valence-corrected chi connectivity index (χ2v) is 7.13. The van der Waals surface area contributed by atoms with Gasteiger partial charge in [0, 0.05) is 29.7 Å². The van der Waals surface area contributed by atoms with Crippen LogP contribution in [-0.4, -0.2) is 30.6 Å². The number of thiazole rings is 1. The number of nitrogens with one attached hydrogen (secondary N) is 1. The van der Waals surface area contributed by atoms with Crippen LogP contribution in [0.5, 0.6) is 0 Å². The molecule has 146 valence electrons. The minimum atomic E-state index is -0.166. The van der Waals surface area contributed by atoms with E-state index < -0.39 is 0 Å². The number of rotatable bonds is 9. The van der Waals surface area contributed by atoms with Crippen molar-refractivity contribution in [3.63, 3.8) is 0 Å². The molecular formula is C22H25N3O2S. The van der Waals surface area contributed by atoms with E-state index in [2.05, 4.69) is 29.4 Å². The van der Waals surface area contributed by atoms with E-state index >= 15 is 0 Å². The molecule has 0 aliphatic carbocycles. The molecule has 3 rings (SSSR count). The molecular weight excluding hydrogens is 370 g/mol. The van der Waals surface area contributed by atoms with Crippen LogP contribution < -0.4 is 10.2 Å². The molecule has 5 nitrogen and oxygen atoms in total. The Morgan fingerprint density at radius 1 is 1.07 bits per heavy atom. The fourth-order valence-corrected chi connectivity index (χ4v) is 3.76. The lowest BCUT2D eigenvalue weighted by atomic mass is 10.1. The minimum absolute atomic E-state index is 0.0238. The predicted octanol–water partition coefficient (Wildman–Crippen LogP) is 4.81. The van der Waals surface area contributed by atoms with Crippen molar-refractivity contribution in [2.45, 2.75) is 20.5 Å². The molecule has 0 aliphatic rings. The number of nitrogens with zero attached hydrogens (tertiary/aromatic N) is 2. The fourth-order valence-electron chi connectivity index (χ4n) is 2.79. The number of carbonyl (C=O) groups excluding carboxylic acids is 1. The van der Waals surface area contributed by atoms with E-state index in [1.54, 1.807) is 11.3 Å². The molecule has 0 spiro atoms. The molecule has 28 heavy (non-hydrogen) atoms. The first-order valence-corrected chi connectivity index (χ1v) is 10.3. The summed E-state index contributed by atoms with van der Waals surface area (Å²) in [5, 5.41) is 5.96. The average Bonchev–Trinajstić information content (AvgIpc) is 3.20. The Kier molecular flexibility index (Phi) is 7.17. The summed E-state index contributed by atoms with van der Waals surface area (Å²) in [6.45, 7) is 6.60. The van der Waals surface area contributed by atoms with Crippen LogP contribution in [0.15, 0.2) is 60.0 Å². The first-order valence-electron chi connectivity index (χ1n) is 9.42. The Balaban J connectivity index is 1.52. The van der Waals surface area contributed by atoms with Crippen LogP contribution in [0.3, 0.4) is 0 Å². The van der Waals surface area contributed by atoms with E-state index in [4.69, 9.17) is 9.72 Å². The highest BCUT2D eigenvalue weighted by Gasteiger charge is 2.09. The number of benzene rings is 2. The van der Waals surface area contributed by atoms with E-state index in [1.165, 1.54) is 0 Å². The van der Waals surface area contributed by atoms with Gasteiger partial charge in [-0.15, -0.1) is 11.3 Å². The SMILES string of the molecule is CCN(CC)c1nc(-c2ccc(NC(=O)COCc3ccccc3)cc2)cs1. The smallest absolute Gasteiger partial charge is 0.250 e. The molecule has 0 fully saturated rings. The van der Waals surface area contributed by atoms with Crippen molar-refractivity contribution in [3.8, 4) is 11.3 Å². The van der Waals surface area contributed by atoms with Crippen LogP contribution in [0.2, 0.25) is 0 Å². The van der Waals surface area contributed by atoms with Gasteiger partial charge in [-0.2, -0.15) is 0 Å². The highest BCUT2D eigenvalue weighted by molar-refractivity contribution is 7.14. The van der Waals surface area contributed by atoms with Crippen LogP contribution in [0, 0.1) is 0 Å². The summed E-state index contributed by atoms with van der Waals surface area (Å²) in [5.74, 6) is -0.166. The molecule has 0 atom stereocenters. The molecule has 1 aromatic heterocycles. The molecule has 0 saturated carbocycles. The topological polar surface area (TPSA) is 54.5 Å². The van der Waals surface area contributed by atoms with Gasteiger partial charge in [0.15, 0.2) is 5.13 Å². The lowest BCUT2D eigenvalue weighted by Crippen LogP contribution is -2.21. The van der Waals surface area contributed by atoms with Crippen LogP contribution in [0.4, 0.5) is 10.8 Å². The number of ether oxygens (including phenoxy) is 1. The van der Waals surface area contributed by atoms with Crippen LogP contribution >= 0.6 is 11.3 Å². The van der Waals surface area contributed by atoms with Crippen molar-refractivity contribution in [3.05, 3.63) is 65.5 Å². The van der Waals surface area contributed by atoms with Crippen molar-refractivity contribution in [2.75, 3.05) is 29.9 Å². The Morgan fingerprint density at radius 3 is 2.46 bits per heavy atom. The lowest BCUT2D eigenvalue weighted by Gasteiger charge is -2.16. The standard InChI is InChI=1S/C22H25N3O2S/c1-3-25(4-2)22-24-20(16-28-22)18-10-12-19(13-11-18)23-21(26)15-27-14-17-8-6-5-7-9-17/h5-13,16H,3-4,14-15H2,1-2H3,(H,23,26). The molecule has 0 aliphatic heterocycles. The molecule has 0 saturated heterocycles. The fraction of sp³-hybridized carbons (Fsp3) is 0.273. The van der Waals surface area contributed by atoms with Gasteiger partial charge >= 0.3 is 0 Å². The van der Waals surface area contributed by atoms with Crippen molar-refractivity contribution >= 4 is 28.1 Å². The average molecular weight is 396 g/mol. The normalized spacial score (nSPS) is 10.6. The summed E-state index contributed by atoms with van der Waals surface area (Å²) in [5.41, 5.74) is 3.78. The van der Waals surface area contributed by atoms with Crippen molar-refractivity contribution < 1.29 is 9.53 Å². The maximum absolute atomic E-state index is 12.0. The van der Waals surface area contributed by atoms with Crippen LogP contribution in [0.1, 0.15) is 19.4 Å². The summed E-state index contributed by atoms with van der Waals surface area (Å²) in [4.78, 5) is 19.0. The second kappa shape index (κ2) is 10.0. The lowest BCUT2D eigenvalue weighted by molar-refractivity contribution is -0.121. The van der Waals surface area contributed by atoms with E-state index in [0.717, 1.165) is 40.7 Å². The second-order valence-electron chi connectivity index (χ2n) is 6.29. The third-order valence-corrected chi connectivity index (χ3v) is 5.24. The molecule has 0 radical (unpaired) electrons. The number of aromatic nitrogens is 1. The number of anilines is 2. The number of carbonyl (C=O) groups is 1. The molecule has 1 amide bonds. The van der Waals surface area contributed by atoms with Gasteiger partial charge in [0.2, 0.25) is 5.91 Å². The molecule has 0 unspecified atom stereocenters. The zero-order valence-electron chi connectivity index (χ0n) is 16.2. The maximum Gasteiger partial charge on any atom is 0.250 e. The van der Waals surface area contributed by atoms with Crippen molar-refractivity contribution in [2.24, 2.45) is 0 Å². The van der Waals surface area contributed by atoms with Crippen molar-refractivity contribution in [1.82, 2.24) is 4.98 Å². The predicted molar refractivity (Wildman–Crippen MR) is 116 cm³/mol. The van der Waals surface area contributed by atoms with E-state index in [9.17, 15) is 4.79 Å². The monoisotopic (exact) mass is 395 g/mol. The van der Waals surface area contributed by atoms with Gasteiger partial charge in [-0.3, -0.25) is 4.79 Å². The van der Waals surface area contributed by atoms with Gasteiger partial charge in [-0.1, -0.05) is 42.5 Å². The Hall–Kier alpha value is -2.70. The van der Waals surface area contributed by atoms with E-state index in [1.807, 2.05) is 54.6 Å². The van der Waals surface area contributed by atoms with E-state index in [0.29, 0.717) is 6.61 Å². The van der Waals surface area contributed by atoms with Gasteiger partial charge in [0.1, 0.15) is 6.61 Å². The molecule has 0 bridgehead atoms. The third kappa shape index (κ3) is 5.41. The quantitative estimate of drug-likeness (QED) is 0.565. The molecule has 2 aromatic carbocycles. The molecule has 1 N–H and O–H groups in total. The first kappa shape index (κ1) is 20.0. The molecule has 3 aromatic rings. The molecule has 6 heteroatoms.